The fourth-order valence-electron chi connectivity index (χ4n) is 7.49. The van der Waals surface area contributed by atoms with Crippen LogP contribution in [0.2, 0.25) is 0 Å². The van der Waals surface area contributed by atoms with Crippen LogP contribution in [0.4, 0.5) is 0 Å². The van der Waals surface area contributed by atoms with Crippen molar-refractivity contribution < 1.29 is 0 Å². The van der Waals surface area contributed by atoms with Gasteiger partial charge in [-0.1, -0.05) is 152 Å². The maximum absolute atomic E-state index is 5.48. The van der Waals surface area contributed by atoms with Crippen LogP contribution in [0.3, 0.4) is 0 Å². The molecule has 1 aliphatic rings. The van der Waals surface area contributed by atoms with E-state index >= 15 is 0 Å². The Balaban J connectivity index is 1.17. The molecule has 9 aromatic rings. The second-order valence-corrected chi connectivity index (χ2v) is 13.9. The number of aliphatic imine (C=N–C) groups is 1. The molecule has 238 valence electrons. The Kier molecular flexibility index (Phi) is 6.86. The molecule has 1 aliphatic heterocycles. The molecule has 5 heteroatoms. The van der Waals surface area contributed by atoms with E-state index in [1.54, 1.807) is 0 Å². The molecular weight excluding hydrogens is 629 g/mol. The Morgan fingerprint density at radius 3 is 1.92 bits per heavy atom. The number of thiophene rings is 1. The molecule has 50 heavy (non-hydrogen) atoms. The second-order valence-electron chi connectivity index (χ2n) is 12.9. The molecule has 0 spiro atoms. The minimum absolute atomic E-state index is 0.192. The maximum atomic E-state index is 5.48. The van der Waals surface area contributed by atoms with Gasteiger partial charge in [-0.05, 0) is 46.0 Å². The fraction of sp³-hybridized carbons (Fsp3) is 0.0444. The van der Waals surface area contributed by atoms with E-state index in [1.807, 2.05) is 11.3 Å². The Morgan fingerprint density at radius 2 is 1.12 bits per heavy atom. The zero-order chi connectivity index (χ0) is 33.0. The molecule has 2 unspecified atom stereocenters. The van der Waals surface area contributed by atoms with E-state index in [2.05, 4.69) is 185 Å². The van der Waals surface area contributed by atoms with Crippen LogP contribution >= 0.6 is 11.3 Å². The first kappa shape index (κ1) is 29.0. The molecule has 2 aromatic heterocycles. The molecule has 7 aromatic carbocycles. The van der Waals surface area contributed by atoms with Gasteiger partial charge in [0.05, 0.1) is 15.7 Å². The summed E-state index contributed by atoms with van der Waals surface area (Å²) < 4.78 is 5.01. The van der Waals surface area contributed by atoms with Gasteiger partial charge in [-0.3, -0.25) is 5.32 Å². The molecule has 2 atom stereocenters. The van der Waals surface area contributed by atoms with Crippen molar-refractivity contribution in [1.29, 1.82) is 0 Å². The molecule has 0 fully saturated rings. The van der Waals surface area contributed by atoms with Gasteiger partial charge in [0.1, 0.15) is 12.0 Å². The number of nitrogens with one attached hydrogen (secondary N) is 2. The van der Waals surface area contributed by atoms with Crippen molar-refractivity contribution in [3.63, 3.8) is 0 Å². The van der Waals surface area contributed by atoms with Gasteiger partial charge in [0.25, 0.3) is 0 Å². The summed E-state index contributed by atoms with van der Waals surface area (Å²) in [6, 6.07) is 60.7. The van der Waals surface area contributed by atoms with E-state index in [4.69, 9.17) is 4.99 Å². The Bertz CT molecular complexity index is 2710. The van der Waals surface area contributed by atoms with E-state index in [0.717, 1.165) is 22.5 Å². The van der Waals surface area contributed by atoms with Crippen LogP contribution in [-0.2, 0) is 0 Å². The van der Waals surface area contributed by atoms with Crippen LogP contribution in [0.5, 0.6) is 0 Å². The van der Waals surface area contributed by atoms with E-state index in [9.17, 15) is 0 Å². The van der Waals surface area contributed by atoms with Crippen molar-refractivity contribution in [3.8, 4) is 22.3 Å². The van der Waals surface area contributed by atoms with Gasteiger partial charge in [-0.2, -0.15) is 0 Å². The average molecular weight is 661 g/mol. The number of amidine groups is 1. The maximum Gasteiger partial charge on any atom is 0.184 e. The Labute approximate surface area is 294 Å². The zero-order valence-corrected chi connectivity index (χ0v) is 27.9. The minimum atomic E-state index is -0.372. The third-order valence-corrected chi connectivity index (χ3v) is 11.1. The van der Waals surface area contributed by atoms with Crippen molar-refractivity contribution in [2.24, 2.45) is 4.99 Å². The lowest BCUT2D eigenvalue weighted by molar-refractivity contribution is 0.342. The van der Waals surface area contributed by atoms with Gasteiger partial charge in [-0.15, -0.1) is 11.3 Å². The molecule has 3 heterocycles. The van der Waals surface area contributed by atoms with E-state index < -0.39 is 0 Å². The highest BCUT2D eigenvalue weighted by atomic mass is 32.1. The molecule has 10 rings (SSSR count). The van der Waals surface area contributed by atoms with Gasteiger partial charge >= 0.3 is 0 Å². The fourth-order valence-corrected chi connectivity index (χ4v) is 8.74. The smallest absolute Gasteiger partial charge is 0.184 e. The van der Waals surface area contributed by atoms with Crippen LogP contribution in [0, 0.1) is 0 Å². The molecule has 4 nitrogen and oxygen atoms in total. The van der Waals surface area contributed by atoms with Crippen LogP contribution < -0.4 is 10.6 Å². The number of hydrogen-bond donors (Lipinski definition) is 2. The lowest BCUT2D eigenvalue weighted by Crippen LogP contribution is -2.46. The highest BCUT2D eigenvalue weighted by Crippen LogP contribution is 2.43. The molecule has 0 radical (unpaired) electrons. The number of rotatable bonds is 5. The van der Waals surface area contributed by atoms with Crippen molar-refractivity contribution >= 4 is 59.2 Å². The first-order valence-corrected chi connectivity index (χ1v) is 17.8. The lowest BCUT2D eigenvalue weighted by atomic mass is 10.0. The Morgan fingerprint density at radius 1 is 0.500 bits per heavy atom. The monoisotopic (exact) mass is 660 g/mol. The van der Waals surface area contributed by atoms with Gasteiger partial charge in [0.2, 0.25) is 0 Å². The zero-order valence-electron chi connectivity index (χ0n) is 27.1. The summed E-state index contributed by atoms with van der Waals surface area (Å²) in [7, 11) is 0. The number of hydrogen-bond acceptors (Lipinski definition) is 4. The SMILES string of the molecule is c1ccc(-c2ccc(C3=NC(n4c5ccccc5c5ccc6c7ccccc7sc6c54)NC(c4cccc(-c5ccccc5)c4)N3)cc2)cc1. The third kappa shape index (κ3) is 4.82. The molecule has 0 amide bonds. The summed E-state index contributed by atoms with van der Waals surface area (Å²) in [6.07, 6.45) is -0.563. The summed E-state index contributed by atoms with van der Waals surface area (Å²) in [5, 5.41) is 12.8. The van der Waals surface area contributed by atoms with Crippen LogP contribution in [0.25, 0.3) is 64.2 Å². The van der Waals surface area contributed by atoms with Crippen LogP contribution in [-0.4, -0.2) is 10.4 Å². The topological polar surface area (TPSA) is 41.4 Å². The molecule has 0 bridgehead atoms. The molecular formula is C45H32N4S. The lowest BCUT2D eigenvalue weighted by Gasteiger charge is -2.33. The third-order valence-electron chi connectivity index (χ3n) is 9.90. The van der Waals surface area contributed by atoms with Crippen LogP contribution in [0.15, 0.2) is 175 Å². The summed E-state index contributed by atoms with van der Waals surface area (Å²) in [5.74, 6) is 0.859. The standard InChI is InChI=1S/C45H32N4S/c1-3-12-29(13-4-1)31-22-24-32(25-23-31)43-46-44(34-17-11-16-33(28-34)30-14-5-2-6-15-30)48-45(47-43)49-39-20-9-7-18-35(39)37-26-27-38-36-19-8-10-21-40(36)50-42(38)41(37)49/h1-28,44-45,48H,(H,46,47). The van der Waals surface area contributed by atoms with Crippen molar-refractivity contribution in [2.45, 2.75) is 12.5 Å². The van der Waals surface area contributed by atoms with Gasteiger partial charge in [0, 0.05) is 31.8 Å². The molecule has 2 N–H and O–H groups in total. The van der Waals surface area contributed by atoms with Crippen molar-refractivity contribution in [1.82, 2.24) is 15.2 Å². The van der Waals surface area contributed by atoms with E-state index in [-0.39, 0.29) is 12.5 Å². The van der Waals surface area contributed by atoms with Crippen molar-refractivity contribution in [2.75, 3.05) is 0 Å². The first-order valence-electron chi connectivity index (χ1n) is 17.0. The number of nitrogens with zero attached hydrogens (tertiary/aromatic N) is 2. The first-order chi connectivity index (χ1) is 24.8. The summed E-state index contributed by atoms with van der Waals surface area (Å²) in [5.41, 5.74) is 9.33. The predicted octanol–water partition coefficient (Wildman–Crippen LogP) is 11.3. The molecule has 0 saturated carbocycles. The van der Waals surface area contributed by atoms with Gasteiger partial charge < -0.3 is 9.88 Å². The van der Waals surface area contributed by atoms with E-state index in [0.29, 0.717) is 0 Å². The summed E-state index contributed by atoms with van der Waals surface area (Å²) in [6.45, 7) is 0. The van der Waals surface area contributed by atoms with Gasteiger partial charge in [0.15, 0.2) is 6.29 Å². The minimum Gasteiger partial charge on any atom is -0.350 e. The van der Waals surface area contributed by atoms with Gasteiger partial charge in [-0.25, -0.2) is 4.99 Å². The second kappa shape index (κ2) is 11.8. The highest BCUT2D eigenvalue weighted by Gasteiger charge is 2.29. The van der Waals surface area contributed by atoms with E-state index in [1.165, 1.54) is 58.7 Å². The summed E-state index contributed by atoms with van der Waals surface area (Å²) in [4.78, 5) is 5.48. The quantitative estimate of drug-likeness (QED) is 0.193. The Hall–Kier alpha value is -6.01. The largest absolute Gasteiger partial charge is 0.350 e. The highest BCUT2D eigenvalue weighted by molar-refractivity contribution is 7.26. The number of para-hydroxylation sites is 1. The van der Waals surface area contributed by atoms with Crippen LogP contribution in [0.1, 0.15) is 23.6 Å². The predicted molar refractivity (Wildman–Crippen MR) is 211 cm³/mol. The number of benzene rings is 7. The number of aromatic nitrogens is 1. The number of fused-ring (bicyclic) bond motifs is 7. The molecule has 0 aliphatic carbocycles. The normalized spacial score (nSPS) is 16.2. The molecule has 0 saturated heterocycles. The summed E-state index contributed by atoms with van der Waals surface area (Å²) >= 11 is 1.87. The van der Waals surface area contributed by atoms with Crippen molar-refractivity contribution in [3.05, 3.63) is 181 Å². The average Bonchev–Trinajstić information content (AvgIpc) is 3.75.